The first kappa shape index (κ1) is 21.1. The molecule has 2 unspecified atom stereocenters. The molecular weight excluding hydrogens is 420 g/mol. The van der Waals surface area contributed by atoms with Gasteiger partial charge >= 0.3 is 12.0 Å². The van der Waals surface area contributed by atoms with Gasteiger partial charge in [0.15, 0.2) is 15.4 Å². The Kier molecular flexibility index (Phi) is 5.57. The van der Waals surface area contributed by atoms with Gasteiger partial charge in [-0.25, -0.2) is 18.0 Å². The SMILES string of the molecule is NC(=O)N1CCC(S(=O)(=O)c2ccc(-c3cccc(Cl)c3)cc2)C(O)(C(=O)O)C1. The number of aliphatic hydroxyl groups is 1. The zero-order valence-electron chi connectivity index (χ0n) is 15.2. The molecule has 2 aromatic carbocycles. The maximum Gasteiger partial charge on any atom is 0.338 e. The highest BCUT2D eigenvalue weighted by molar-refractivity contribution is 7.92. The largest absolute Gasteiger partial charge is 0.479 e. The van der Waals surface area contributed by atoms with Crippen LogP contribution in [-0.2, 0) is 14.6 Å². The lowest BCUT2D eigenvalue weighted by Gasteiger charge is -2.40. The van der Waals surface area contributed by atoms with Crippen molar-refractivity contribution in [1.29, 1.82) is 0 Å². The van der Waals surface area contributed by atoms with Crippen LogP contribution < -0.4 is 5.73 Å². The van der Waals surface area contributed by atoms with E-state index in [-0.39, 0.29) is 17.9 Å². The Balaban J connectivity index is 1.95. The molecule has 1 aliphatic rings. The van der Waals surface area contributed by atoms with Crippen molar-refractivity contribution in [2.45, 2.75) is 22.2 Å². The van der Waals surface area contributed by atoms with Crippen molar-refractivity contribution >= 4 is 33.4 Å². The van der Waals surface area contributed by atoms with Crippen LogP contribution in [0.25, 0.3) is 11.1 Å². The van der Waals surface area contributed by atoms with Gasteiger partial charge in [-0.3, -0.25) is 0 Å². The third-order valence-electron chi connectivity index (χ3n) is 5.02. The first-order valence-electron chi connectivity index (χ1n) is 8.66. The van der Waals surface area contributed by atoms with Gasteiger partial charge in [0.25, 0.3) is 0 Å². The second kappa shape index (κ2) is 7.66. The molecule has 1 saturated heterocycles. The number of benzene rings is 2. The highest BCUT2D eigenvalue weighted by Crippen LogP contribution is 2.33. The number of likely N-dealkylation sites (tertiary alicyclic amines) is 1. The summed E-state index contributed by atoms with van der Waals surface area (Å²) in [5.41, 5.74) is 4.01. The number of amides is 2. The molecule has 2 atom stereocenters. The van der Waals surface area contributed by atoms with Crippen LogP contribution in [-0.4, -0.2) is 59.5 Å². The zero-order valence-corrected chi connectivity index (χ0v) is 16.7. The number of piperidine rings is 1. The van der Waals surface area contributed by atoms with Crippen LogP contribution in [0.5, 0.6) is 0 Å². The van der Waals surface area contributed by atoms with Crippen molar-refractivity contribution in [2.24, 2.45) is 5.73 Å². The molecule has 154 valence electrons. The number of nitrogens with two attached hydrogens (primary N) is 1. The molecule has 29 heavy (non-hydrogen) atoms. The van der Waals surface area contributed by atoms with Crippen molar-refractivity contribution in [1.82, 2.24) is 4.90 Å². The number of halogens is 1. The lowest BCUT2D eigenvalue weighted by atomic mass is 9.92. The number of carboxylic acids is 1. The van der Waals surface area contributed by atoms with Crippen molar-refractivity contribution in [2.75, 3.05) is 13.1 Å². The summed E-state index contributed by atoms with van der Waals surface area (Å²) in [6, 6.07) is 12.0. The Hall–Kier alpha value is -2.62. The summed E-state index contributed by atoms with van der Waals surface area (Å²) < 4.78 is 26.2. The van der Waals surface area contributed by atoms with Crippen LogP contribution >= 0.6 is 11.6 Å². The quantitative estimate of drug-likeness (QED) is 0.664. The summed E-state index contributed by atoms with van der Waals surface area (Å²) in [6.07, 6.45) is -0.260. The number of rotatable bonds is 4. The average Bonchev–Trinajstić information content (AvgIpc) is 2.67. The molecule has 0 spiro atoms. The van der Waals surface area contributed by atoms with E-state index in [1.54, 1.807) is 30.3 Å². The van der Waals surface area contributed by atoms with Gasteiger partial charge in [0.05, 0.1) is 11.4 Å². The monoisotopic (exact) mass is 438 g/mol. The number of sulfone groups is 1. The van der Waals surface area contributed by atoms with Crippen LogP contribution in [0.3, 0.4) is 0 Å². The number of aliphatic carboxylic acids is 1. The van der Waals surface area contributed by atoms with Gasteiger partial charge in [0.2, 0.25) is 0 Å². The molecule has 10 heteroatoms. The number of β-amino-alcohol motifs (C(OH)–C–C–N with tert-alkyl or cyclic N) is 1. The summed E-state index contributed by atoms with van der Waals surface area (Å²) in [5.74, 6) is -1.73. The van der Waals surface area contributed by atoms with E-state index in [0.717, 1.165) is 16.0 Å². The highest BCUT2D eigenvalue weighted by atomic mass is 35.5. The maximum absolute atomic E-state index is 13.1. The van der Waals surface area contributed by atoms with Gasteiger partial charge < -0.3 is 20.8 Å². The Morgan fingerprint density at radius 1 is 1.14 bits per heavy atom. The topological polar surface area (TPSA) is 138 Å². The van der Waals surface area contributed by atoms with Crippen molar-refractivity contribution in [3.05, 3.63) is 53.6 Å². The van der Waals surface area contributed by atoms with Gasteiger partial charge in [-0.05, 0) is 41.8 Å². The zero-order chi connectivity index (χ0) is 21.4. The molecule has 0 radical (unpaired) electrons. The van der Waals surface area contributed by atoms with Crippen molar-refractivity contribution < 1.29 is 28.2 Å². The predicted molar refractivity (Wildman–Crippen MR) is 106 cm³/mol. The Labute approximate surface area is 172 Å². The number of nitrogens with zero attached hydrogens (tertiary/aromatic N) is 1. The molecule has 0 saturated carbocycles. The second-order valence-corrected chi connectivity index (χ2v) is 9.41. The third-order valence-corrected chi connectivity index (χ3v) is 7.56. The van der Waals surface area contributed by atoms with E-state index in [4.69, 9.17) is 17.3 Å². The first-order chi connectivity index (χ1) is 13.6. The highest BCUT2D eigenvalue weighted by Gasteiger charge is 2.55. The second-order valence-electron chi connectivity index (χ2n) is 6.85. The fourth-order valence-corrected chi connectivity index (χ4v) is 5.60. The van der Waals surface area contributed by atoms with Crippen LogP contribution in [0.1, 0.15) is 6.42 Å². The summed E-state index contributed by atoms with van der Waals surface area (Å²) in [6.45, 7) is -0.780. The minimum Gasteiger partial charge on any atom is -0.479 e. The lowest BCUT2D eigenvalue weighted by Crippen LogP contribution is -2.65. The standard InChI is InChI=1S/C19H19ClN2O6S/c20-14-3-1-2-13(10-14)12-4-6-15(7-5-12)29(27,28)16-8-9-22(18(21)25)11-19(16,26)17(23)24/h1-7,10,16,26H,8-9,11H2,(H2,21,25)(H,23,24). The van der Waals surface area contributed by atoms with Gasteiger partial charge in [-0.2, -0.15) is 0 Å². The summed E-state index contributed by atoms with van der Waals surface area (Å²) >= 11 is 5.98. The molecule has 1 aliphatic heterocycles. The smallest absolute Gasteiger partial charge is 0.338 e. The van der Waals surface area contributed by atoms with Crippen LogP contribution in [0.15, 0.2) is 53.4 Å². The normalized spacial score (nSPS) is 22.3. The van der Waals surface area contributed by atoms with Gasteiger partial charge in [0, 0.05) is 11.6 Å². The number of carbonyl (C=O) groups is 2. The molecule has 0 aliphatic carbocycles. The molecular formula is C19H19ClN2O6S. The lowest BCUT2D eigenvalue weighted by molar-refractivity contribution is -0.162. The number of hydrogen-bond donors (Lipinski definition) is 3. The van der Waals surface area contributed by atoms with Crippen LogP contribution in [0.2, 0.25) is 5.02 Å². The van der Waals surface area contributed by atoms with Gasteiger partial charge in [0.1, 0.15) is 5.25 Å². The molecule has 1 fully saturated rings. The summed E-state index contributed by atoms with van der Waals surface area (Å²) in [7, 11) is -4.21. The fourth-order valence-electron chi connectivity index (χ4n) is 3.46. The average molecular weight is 439 g/mol. The number of urea groups is 1. The van der Waals surface area contributed by atoms with Gasteiger partial charge in [-0.15, -0.1) is 0 Å². The molecule has 1 heterocycles. The van der Waals surface area contributed by atoms with E-state index >= 15 is 0 Å². The van der Waals surface area contributed by atoms with E-state index < -0.39 is 39.2 Å². The molecule has 2 aromatic rings. The van der Waals surface area contributed by atoms with E-state index in [2.05, 4.69) is 0 Å². The number of carboxylic acid groups (broad SMARTS) is 1. The first-order valence-corrected chi connectivity index (χ1v) is 10.6. The Morgan fingerprint density at radius 3 is 2.34 bits per heavy atom. The minimum atomic E-state index is -4.21. The molecule has 2 amide bonds. The van der Waals surface area contributed by atoms with E-state index in [0.29, 0.717) is 5.02 Å². The predicted octanol–water partition coefficient (Wildman–Crippen LogP) is 1.75. The number of primary amides is 1. The number of carbonyl (C=O) groups excluding carboxylic acids is 1. The Morgan fingerprint density at radius 2 is 1.79 bits per heavy atom. The van der Waals surface area contributed by atoms with Crippen molar-refractivity contribution in [3.8, 4) is 11.1 Å². The molecule has 4 N–H and O–H groups in total. The summed E-state index contributed by atoms with van der Waals surface area (Å²) in [4.78, 5) is 23.9. The molecule has 0 bridgehead atoms. The van der Waals surface area contributed by atoms with Gasteiger partial charge in [-0.1, -0.05) is 35.9 Å². The summed E-state index contributed by atoms with van der Waals surface area (Å²) in [5, 5.41) is 19.0. The minimum absolute atomic E-state index is 0.0740. The molecule has 8 nitrogen and oxygen atoms in total. The fraction of sp³-hybridized carbons (Fsp3) is 0.263. The maximum atomic E-state index is 13.1. The molecule has 3 rings (SSSR count). The third kappa shape index (κ3) is 3.93. The molecule has 0 aromatic heterocycles. The van der Waals surface area contributed by atoms with Crippen LogP contribution in [0, 0.1) is 0 Å². The van der Waals surface area contributed by atoms with E-state index in [1.807, 2.05) is 6.07 Å². The Bertz CT molecular complexity index is 1060. The van der Waals surface area contributed by atoms with Crippen LogP contribution in [0.4, 0.5) is 4.79 Å². The van der Waals surface area contributed by atoms with E-state index in [9.17, 15) is 28.2 Å². The van der Waals surface area contributed by atoms with E-state index in [1.165, 1.54) is 12.1 Å². The van der Waals surface area contributed by atoms with Crippen molar-refractivity contribution in [3.63, 3.8) is 0 Å². The number of hydrogen-bond acceptors (Lipinski definition) is 5.